The van der Waals surface area contributed by atoms with Crippen LogP contribution in [0.25, 0.3) is 0 Å². The van der Waals surface area contributed by atoms with Crippen LogP contribution >= 0.6 is 11.8 Å². The molecule has 0 aliphatic heterocycles. The van der Waals surface area contributed by atoms with Gasteiger partial charge in [0.2, 0.25) is 0 Å². The minimum atomic E-state index is -0.555. The first-order valence-corrected chi connectivity index (χ1v) is 6.16. The Morgan fingerprint density at radius 1 is 1.62 bits per heavy atom. The number of primary amides is 1. The summed E-state index contributed by atoms with van der Waals surface area (Å²) in [6.07, 6.45) is 2.03. The molecule has 1 amide bonds. The first-order valence-electron chi connectivity index (χ1n) is 4.87. The van der Waals surface area contributed by atoms with Gasteiger partial charge in [-0.25, -0.2) is 4.98 Å². The number of amides is 1. The van der Waals surface area contributed by atoms with Crippen molar-refractivity contribution in [2.45, 2.75) is 12.2 Å². The molecule has 0 aromatic carbocycles. The molecule has 0 aliphatic carbocycles. The van der Waals surface area contributed by atoms with Crippen LogP contribution in [0.4, 0.5) is 11.5 Å². The quantitative estimate of drug-likeness (QED) is 0.711. The lowest BCUT2D eigenvalue weighted by molar-refractivity contribution is 0.0996. The summed E-state index contributed by atoms with van der Waals surface area (Å²) >= 11 is 1.74. The minimum absolute atomic E-state index is 0.216. The summed E-state index contributed by atoms with van der Waals surface area (Å²) in [7, 11) is 0. The molecule has 0 bridgehead atoms. The van der Waals surface area contributed by atoms with E-state index in [0.717, 1.165) is 6.54 Å². The topological polar surface area (TPSA) is 94.0 Å². The SMILES string of the molecule is CSC(C)CNc1nc(C(N)=O)ccc1N. The zero-order chi connectivity index (χ0) is 12.1. The number of rotatable bonds is 5. The van der Waals surface area contributed by atoms with Crippen LogP contribution in [0.5, 0.6) is 0 Å². The Labute approximate surface area is 99.0 Å². The second-order valence-corrected chi connectivity index (χ2v) is 4.70. The highest BCUT2D eigenvalue weighted by molar-refractivity contribution is 7.99. The maximum atomic E-state index is 10.9. The van der Waals surface area contributed by atoms with Gasteiger partial charge >= 0.3 is 0 Å². The molecule has 1 heterocycles. The molecule has 0 saturated heterocycles. The number of hydrogen-bond acceptors (Lipinski definition) is 5. The van der Waals surface area contributed by atoms with E-state index in [2.05, 4.69) is 17.2 Å². The Morgan fingerprint density at radius 3 is 2.88 bits per heavy atom. The van der Waals surface area contributed by atoms with Crippen molar-refractivity contribution in [2.24, 2.45) is 5.73 Å². The molecule has 16 heavy (non-hydrogen) atoms. The first-order chi connectivity index (χ1) is 7.54. The van der Waals surface area contributed by atoms with Crippen LogP contribution in [-0.2, 0) is 0 Å². The Morgan fingerprint density at radius 2 is 2.31 bits per heavy atom. The van der Waals surface area contributed by atoms with E-state index < -0.39 is 5.91 Å². The number of pyridine rings is 1. The molecule has 0 spiro atoms. The molecule has 0 aliphatic rings. The van der Waals surface area contributed by atoms with Gasteiger partial charge in [0.1, 0.15) is 11.5 Å². The van der Waals surface area contributed by atoms with Crippen molar-refractivity contribution in [1.29, 1.82) is 0 Å². The fourth-order valence-corrected chi connectivity index (χ4v) is 1.32. The van der Waals surface area contributed by atoms with E-state index >= 15 is 0 Å². The van der Waals surface area contributed by atoms with Crippen molar-refractivity contribution in [3.8, 4) is 0 Å². The summed E-state index contributed by atoms with van der Waals surface area (Å²) in [6.45, 7) is 2.83. The lowest BCUT2D eigenvalue weighted by atomic mass is 10.3. The van der Waals surface area contributed by atoms with Crippen LogP contribution in [0.15, 0.2) is 12.1 Å². The van der Waals surface area contributed by atoms with Gasteiger partial charge < -0.3 is 16.8 Å². The number of thioether (sulfide) groups is 1. The van der Waals surface area contributed by atoms with E-state index in [9.17, 15) is 4.79 Å². The van der Waals surface area contributed by atoms with E-state index in [-0.39, 0.29) is 5.69 Å². The standard InChI is InChI=1S/C10H16N4OS/c1-6(16-2)5-13-10-7(11)3-4-8(14-10)9(12)15/h3-4,6H,5,11H2,1-2H3,(H2,12,15)(H,13,14). The average Bonchev–Trinajstić information content (AvgIpc) is 2.27. The Kier molecular flexibility index (Phi) is 4.42. The number of carbonyl (C=O) groups is 1. The summed E-state index contributed by atoms with van der Waals surface area (Å²) in [6, 6.07) is 3.14. The summed E-state index contributed by atoms with van der Waals surface area (Å²) in [5.74, 6) is -0.0434. The van der Waals surface area contributed by atoms with Gasteiger partial charge in [0.05, 0.1) is 5.69 Å². The number of anilines is 2. The number of nitrogens with two attached hydrogens (primary N) is 2. The molecule has 6 heteroatoms. The van der Waals surface area contributed by atoms with Gasteiger partial charge in [-0.05, 0) is 18.4 Å². The highest BCUT2D eigenvalue weighted by Gasteiger charge is 2.07. The molecular formula is C10H16N4OS. The Balaban J connectivity index is 2.78. The normalized spacial score (nSPS) is 12.1. The lowest BCUT2D eigenvalue weighted by Gasteiger charge is -2.12. The van der Waals surface area contributed by atoms with Gasteiger partial charge in [0, 0.05) is 11.8 Å². The van der Waals surface area contributed by atoms with Gasteiger partial charge in [-0.1, -0.05) is 6.92 Å². The maximum absolute atomic E-state index is 10.9. The molecule has 88 valence electrons. The highest BCUT2D eigenvalue weighted by Crippen LogP contribution is 2.16. The molecule has 0 saturated carbocycles. The zero-order valence-electron chi connectivity index (χ0n) is 9.36. The van der Waals surface area contributed by atoms with Gasteiger partial charge in [0.15, 0.2) is 0 Å². The Hall–Kier alpha value is -1.43. The molecule has 1 rings (SSSR count). The molecule has 1 unspecified atom stereocenters. The molecule has 1 atom stereocenters. The fourth-order valence-electron chi connectivity index (χ4n) is 1.07. The molecule has 5 nitrogen and oxygen atoms in total. The number of hydrogen-bond donors (Lipinski definition) is 3. The molecule has 1 aromatic heterocycles. The molecule has 0 fully saturated rings. The van der Waals surface area contributed by atoms with E-state index in [1.165, 1.54) is 6.07 Å². The van der Waals surface area contributed by atoms with Crippen molar-refractivity contribution in [2.75, 3.05) is 23.9 Å². The predicted octanol–water partition coefficient (Wildman–Crippen LogP) is 0.926. The summed E-state index contributed by atoms with van der Waals surface area (Å²) in [5, 5.41) is 3.54. The van der Waals surface area contributed by atoms with E-state index in [1.54, 1.807) is 17.8 Å². The molecule has 5 N–H and O–H groups in total. The van der Waals surface area contributed by atoms with Crippen molar-refractivity contribution in [1.82, 2.24) is 4.98 Å². The second kappa shape index (κ2) is 5.60. The average molecular weight is 240 g/mol. The fraction of sp³-hybridized carbons (Fsp3) is 0.400. The summed E-state index contributed by atoms with van der Waals surface area (Å²) < 4.78 is 0. The lowest BCUT2D eigenvalue weighted by Crippen LogP contribution is -2.18. The van der Waals surface area contributed by atoms with Crippen LogP contribution in [0, 0.1) is 0 Å². The largest absolute Gasteiger partial charge is 0.396 e. The van der Waals surface area contributed by atoms with Gasteiger partial charge in [-0.2, -0.15) is 11.8 Å². The van der Waals surface area contributed by atoms with Crippen LogP contribution in [0.2, 0.25) is 0 Å². The van der Waals surface area contributed by atoms with Crippen molar-refractivity contribution < 1.29 is 4.79 Å². The van der Waals surface area contributed by atoms with E-state index in [0.29, 0.717) is 16.8 Å². The smallest absolute Gasteiger partial charge is 0.267 e. The third-order valence-electron chi connectivity index (χ3n) is 2.14. The molecule has 0 radical (unpaired) electrons. The van der Waals surface area contributed by atoms with Crippen LogP contribution in [0.1, 0.15) is 17.4 Å². The number of carbonyl (C=O) groups excluding carboxylic acids is 1. The summed E-state index contributed by atoms with van der Waals surface area (Å²) in [4.78, 5) is 15.0. The van der Waals surface area contributed by atoms with Crippen molar-refractivity contribution in [3.63, 3.8) is 0 Å². The minimum Gasteiger partial charge on any atom is -0.396 e. The Bertz CT molecular complexity index is 383. The van der Waals surface area contributed by atoms with Gasteiger partial charge in [-0.3, -0.25) is 4.79 Å². The molecule has 1 aromatic rings. The van der Waals surface area contributed by atoms with Crippen molar-refractivity contribution in [3.05, 3.63) is 17.8 Å². The molecular weight excluding hydrogens is 224 g/mol. The van der Waals surface area contributed by atoms with E-state index in [1.807, 2.05) is 6.26 Å². The van der Waals surface area contributed by atoms with Crippen LogP contribution in [-0.4, -0.2) is 28.9 Å². The van der Waals surface area contributed by atoms with Crippen LogP contribution < -0.4 is 16.8 Å². The van der Waals surface area contributed by atoms with Gasteiger partial charge in [0.25, 0.3) is 5.91 Å². The summed E-state index contributed by atoms with van der Waals surface area (Å²) in [5.41, 5.74) is 11.6. The van der Waals surface area contributed by atoms with Crippen molar-refractivity contribution >= 4 is 29.2 Å². The second-order valence-electron chi connectivity index (χ2n) is 3.43. The third kappa shape index (κ3) is 3.30. The monoisotopic (exact) mass is 240 g/mol. The number of aromatic nitrogens is 1. The third-order valence-corrected chi connectivity index (χ3v) is 3.11. The highest BCUT2D eigenvalue weighted by atomic mass is 32.2. The number of nitrogens with zero attached hydrogens (tertiary/aromatic N) is 1. The number of nitrogens with one attached hydrogen (secondary N) is 1. The maximum Gasteiger partial charge on any atom is 0.267 e. The zero-order valence-corrected chi connectivity index (χ0v) is 10.2. The van der Waals surface area contributed by atoms with Gasteiger partial charge in [-0.15, -0.1) is 0 Å². The predicted molar refractivity (Wildman–Crippen MR) is 68.6 cm³/mol. The number of nitrogen functional groups attached to an aromatic ring is 1. The van der Waals surface area contributed by atoms with Crippen LogP contribution in [0.3, 0.4) is 0 Å². The van der Waals surface area contributed by atoms with E-state index in [4.69, 9.17) is 11.5 Å². The first kappa shape index (κ1) is 12.6.